The maximum Gasteiger partial charge on any atom is 0.305 e. The van der Waals surface area contributed by atoms with Crippen molar-refractivity contribution in [2.45, 2.75) is 52.6 Å². The fourth-order valence-electron chi connectivity index (χ4n) is 1.84. The van der Waals surface area contributed by atoms with E-state index in [4.69, 9.17) is 5.11 Å². The van der Waals surface area contributed by atoms with Crippen LogP contribution in [0.3, 0.4) is 0 Å². The van der Waals surface area contributed by atoms with Gasteiger partial charge in [-0.2, -0.15) is 0 Å². The Bertz CT molecular complexity index is 484. The highest BCUT2D eigenvalue weighted by molar-refractivity contribution is 5.94. The van der Waals surface area contributed by atoms with E-state index in [1.165, 1.54) is 0 Å². The SMILES string of the molecule is CC(C)[C@H](CC(=O)O)NC(=O)c1ccn(C(C)(C)C)c1. The van der Waals surface area contributed by atoms with Crippen molar-refractivity contribution in [3.8, 4) is 0 Å². The lowest BCUT2D eigenvalue weighted by Crippen LogP contribution is -2.40. The minimum absolute atomic E-state index is 0.0661. The Morgan fingerprint density at radius 3 is 2.35 bits per heavy atom. The van der Waals surface area contributed by atoms with Gasteiger partial charge >= 0.3 is 5.97 Å². The molecule has 112 valence electrons. The molecule has 0 saturated heterocycles. The minimum Gasteiger partial charge on any atom is -0.481 e. The standard InChI is InChI=1S/C15H24N2O3/c1-10(2)12(8-13(18)19)16-14(20)11-6-7-17(9-11)15(3,4)5/h6-7,9-10,12H,8H2,1-5H3,(H,16,20)(H,18,19)/t12-/m0/s1. The highest BCUT2D eigenvalue weighted by Crippen LogP contribution is 2.16. The molecule has 0 unspecified atom stereocenters. The highest BCUT2D eigenvalue weighted by atomic mass is 16.4. The number of carboxylic acids is 1. The molecular formula is C15H24N2O3. The van der Waals surface area contributed by atoms with E-state index in [2.05, 4.69) is 26.1 Å². The molecule has 0 aliphatic carbocycles. The van der Waals surface area contributed by atoms with Crippen LogP contribution in [-0.4, -0.2) is 27.6 Å². The number of aliphatic carboxylic acids is 1. The first-order valence-electron chi connectivity index (χ1n) is 6.82. The van der Waals surface area contributed by atoms with E-state index in [-0.39, 0.29) is 29.8 Å². The predicted octanol–water partition coefficient (Wildman–Crippen LogP) is 2.47. The van der Waals surface area contributed by atoms with E-state index >= 15 is 0 Å². The van der Waals surface area contributed by atoms with Crippen LogP contribution in [0.2, 0.25) is 0 Å². The molecular weight excluding hydrogens is 256 g/mol. The number of nitrogens with zero attached hydrogens (tertiary/aromatic N) is 1. The molecule has 1 aromatic heterocycles. The zero-order valence-corrected chi connectivity index (χ0v) is 12.8. The van der Waals surface area contributed by atoms with E-state index in [9.17, 15) is 9.59 Å². The van der Waals surface area contributed by atoms with E-state index in [0.717, 1.165) is 0 Å². The van der Waals surface area contributed by atoms with Crippen molar-refractivity contribution < 1.29 is 14.7 Å². The third-order valence-corrected chi connectivity index (χ3v) is 3.25. The molecule has 0 radical (unpaired) electrons. The molecule has 0 fully saturated rings. The number of aromatic nitrogens is 1. The molecule has 1 aromatic rings. The smallest absolute Gasteiger partial charge is 0.305 e. The quantitative estimate of drug-likeness (QED) is 0.870. The summed E-state index contributed by atoms with van der Waals surface area (Å²) in [5.41, 5.74) is 0.466. The molecule has 1 amide bonds. The van der Waals surface area contributed by atoms with Gasteiger partial charge in [0.2, 0.25) is 0 Å². The first-order chi connectivity index (χ1) is 9.11. The number of carboxylic acid groups (broad SMARTS) is 1. The van der Waals surface area contributed by atoms with Gasteiger partial charge in [-0.25, -0.2) is 0 Å². The van der Waals surface area contributed by atoms with Gasteiger partial charge in [0.15, 0.2) is 0 Å². The summed E-state index contributed by atoms with van der Waals surface area (Å²) in [6.45, 7) is 9.95. The monoisotopic (exact) mass is 280 g/mol. The number of rotatable bonds is 5. The second kappa shape index (κ2) is 6.11. The van der Waals surface area contributed by atoms with Crippen molar-refractivity contribution in [2.75, 3.05) is 0 Å². The molecule has 5 nitrogen and oxygen atoms in total. The van der Waals surface area contributed by atoms with Crippen molar-refractivity contribution in [2.24, 2.45) is 5.92 Å². The Balaban J connectivity index is 2.79. The van der Waals surface area contributed by atoms with E-state index in [1.54, 1.807) is 12.3 Å². The first-order valence-corrected chi connectivity index (χ1v) is 6.82. The Morgan fingerprint density at radius 1 is 1.35 bits per heavy atom. The minimum atomic E-state index is -0.906. The van der Waals surface area contributed by atoms with Gasteiger partial charge in [0.25, 0.3) is 5.91 Å². The summed E-state index contributed by atoms with van der Waals surface area (Å²) in [7, 11) is 0. The molecule has 20 heavy (non-hydrogen) atoms. The zero-order chi connectivity index (χ0) is 15.5. The van der Waals surface area contributed by atoms with Crippen LogP contribution in [0.15, 0.2) is 18.5 Å². The Hall–Kier alpha value is -1.78. The van der Waals surface area contributed by atoms with Gasteiger partial charge in [-0.15, -0.1) is 0 Å². The van der Waals surface area contributed by atoms with Gasteiger partial charge in [0.1, 0.15) is 0 Å². The summed E-state index contributed by atoms with van der Waals surface area (Å²) in [5, 5.41) is 11.7. The zero-order valence-electron chi connectivity index (χ0n) is 12.8. The lowest BCUT2D eigenvalue weighted by atomic mass is 10.0. The van der Waals surface area contributed by atoms with Crippen LogP contribution in [0.5, 0.6) is 0 Å². The molecule has 0 saturated carbocycles. The Kier molecular flexibility index (Phi) is 4.98. The first kappa shape index (κ1) is 16.3. The highest BCUT2D eigenvalue weighted by Gasteiger charge is 2.21. The van der Waals surface area contributed by atoms with E-state index < -0.39 is 5.97 Å². The van der Waals surface area contributed by atoms with Gasteiger partial charge in [-0.3, -0.25) is 9.59 Å². The number of carbonyl (C=O) groups excluding carboxylic acids is 1. The van der Waals surface area contributed by atoms with Crippen LogP contribution in [-0.2, 0) is 10.3 Å². The van der Waals surface area contributed by atoms with Crippen LogP contribution in [0.25, 0.3) is 0 Å². The molecule has 0 aliphatic heterocycles. The van der Waals surface area contributed by atoms with Crippen molar-refractivity contribution >= 4 is 11.9 Å². The predicted molar refractivity (Wildman–Crippen MR) is 77.8 cm³/mol. The summed E-state index contributed by atoms with van der Waals surface area (Å²) in [5.74, 6) is -1.07. The lowest BCUT2D eigenvalue weighted by Gasteiger charge is -2.21. The molecule has 0 aliphatic rings. The molecule has 1 atom stereocenters. The fraction of sp³-hybridized carbons (Fsp3) is 0.600. The summed E-state index contributed by atoms with van der Waals surface area (Å²) in [6, 6.07) is 1.39. The van der Waals surface area contributed by atoms with Gasteiger partial charge in [0.05, 0.1) is 12.0 Å². The molecule has 0 spiro atoms. The van der Waals surface area contributed by atoms with Crippen LogP contribution < -0.4 is 5.32 Å². The largest absolute Gasteiger partial charge is 0.481 e. The average Bonchev–Trinajstić information content (AvgIpc) is 2.75. The van der Waals surface area contributed by atoms with Crippen LogP contribution in [0.4, 0.5) is 0 Å². The topological polar surface area (TPSA) is 71.3 Å². The molecule has 0 aromatic carbocycles. The number of hydrogen-bond acceptors (Lipinski definition) is 2. The van der Waals surface area contributed by atoms with E-state index in [0.29, 0.717) is 5.56 Å². The summed E-state index contributed by atoms with van der Waals surface area (Å²) in [6.07, 6.45) is 3.58. The van der Waals surface area contributed by atoms with Gasteiger partial charge in [0, 0.05) is 24.0 Å². The molecule has 2 N–H and O–H groups in total. The van der Waals surface area contributed by atoms with Gasteiger partial charge in [-0.1, -0.05) is 13.8 Å². The fourth-order valence-corrected chi connectivity index (χ4v) is 1.84. The number of nitrogens with one attached hydrogen (secondary N) is 1. The molecule has 5 heteroatoms. The normalized spacial score (nSPS) is 13.3. The summed E-state index contributed by atoms with van der Waals surface area (Å²) >= 11 is 0. The molecule has 0 bridgehead atoms. The molecule has 1 rings (SSSR count). The maximum absolute atomic E-state index is 12.2. The van der Waals surface area contributed by atoms with Crippen molar-refractivity contribution in [1.82, 2.24) is 9.88 Å². The van der Waals surface area contributed by atoms with E-state index in [1.807, 2.05) is 24.6 Å². The summed E-state index contributed by atoms with van der Waals surface area (Å²) < 4.78 is 1.96. The van der Waals surface area contributed by atoms with Crippen LogP contribution in [0, 0.1) is 5.92 Å². The third-order valence-electron chi connectivity index (χ3n) is 3.25. The second-order valence-electron chi connectivity index (χ2n) is 6.40. The number of hydrogen-bond donors (Lipinski definition) is 2. The summed E-state index contributed by atoms with van der Waals surface area (Å²) in [4.78, 5) is 23.0. The van der Waals surface area contributed by atoms with Gasteiger partial charge < -0.3 is 15.0 Å². The van der Waals surface area contributed by atoms with Gasteiger partial charge in [-0.05, 0) is 32.8 Å². The van der Waals surface area contributed by atoms with Crippen molar-refractivity contribution in [1.29, 1.82) is 0 Å². The van der Waals surface area contributed by atoms with Crippen LogP contribution >= 0.6 is 0 Å². The Morgan fingerprint density at radius 2 is 1.95 bits per heavy atom. The van der Waals surface area contributed by atoms with Crippen molar-refractivity contribution in [3.05, 3.63) is 24.0 Å². The third kappa shape index (κ3) is 4.40. The van der Waals surface area contributed by atoms with Crippen LogP contribution in [0.1, 0.15) is 51.4 Å². The Labute approximate surface area is 120 Å². The number of amides is 1. The lowest BCUT2D eigenvalue weighted by molar-refractivity contribution is -0.137. The number of carbonyl (C=O) groups is 2. The maximum atomic E-state index is 12.2. The average molecular weight is 280 g/mol. The second-order valence-corrected chi connectivity index (χ2v) is 6.40. The molecule has 1 heterocycles. The van der Waals surface area contributed by atoms with Crippen molar-refractivity contribution in [3.63, 3.8) is 0 Å².